The Hall–Kier alpha value is -1.96. The Morgan fingerprint density at radius 2 is 1.48 bits per heavy atom. The molecule has 1 aliphatic heterocycles. The highest BCUT2D eigenvalue weighted by atomic mass is 15.1. The van der Waals surface area contributed by atoms with Crippen LogP contribution < -0.4 is 10.2 Å². The van der Waals surface area contributed by atoms with Crippen molar-refractivity contribution in [3.63, 3.8) is 0 Å². The number of nitrogens with zero attached hydrogens (tertiary/aromatic N) is 1. The standard InChI is InChI=1S/C19H24N2/c1-2-16-5-7-17(8-6-16)15-20-18-9-11-19(12-10-18)21-13-3-4-14-21/h5-12,20H,2-4,13-15H2,1H3. The van der Waals surface area contributed by atoms with Gasteiger partial charge in [-0.25, -0.2) is 0 Å². The first-order chi connectivity index (χ1) is 10.3. The molecule has 0 bridgehead atoms. The first-order valence-electron chi connectivity index (χ1n) is 8.02. The van der Waals surface area contributed by atoms with Gasteiger partial charge in [0, 0.05) is 31.0 Å². The fourth-order valence-electron chi connectivity index (χ4n) is 2.86. The van der Waals surface area contributed by atoms with Crippen LogP contribution in [-0.2, 0) is 13.0 Å². The van der Waals surface area contributed by atoms with Gasteiger partial charge in [-0.3, -0.25) is 0 Å². The highest BCUT2D eigenvalue weighted by Gasteiger charge is 2.11. The molecule has 0 saturated carbocycles. The lowest BCUT2D eigenvalue weighted by Crippen LogP contribution is -2.17. The first kappa shape index (κ1) is 14.0. The van der Waals surface area contributed by atoms with Gasteiger partial charge in [0.1, 0.15) is 0 Å². The van der Waals surface area contributed by atoms with Crippen molar-refractivity contribution in [3.8, 4) is 0 Å². The molecule has 1 aliphatic rings. The summed E-state index contributed by atoms with van der Waals surface area (Å²) in [4.78, 5) is 2.47. The second-order valence-electron chi connectivity index (χ2n) is 5.76. The summed E-state index contributed by atoms with van der Waals surface area (Å²) in [7, 11) is 0. The largest absolute Gasteiger partial charge is 0.381 e. The summed E-state index contributed by atoms with van der Waals surface area (Å²) >= 11 is 0. The van der Waals surface area contributed by atoms with E-state index in [1.807, 2.05) is 0 Å². The quantitative estimate of drug-likeness (QED) is 0.869. The summed E-state index contributed by atoms with van der Waals surface area (Å²) in [5.41, 5.74) is 5.27. The molecule has 2 aromatic rings. The molecule has 21 heavy (non-hydrogen) atoms. The molecule has 1 fully saturated rings. The summed E-state index contributed by atoms with van der Waals surface area (Å²) in [6.07, 6.45) is 3.76. The molecule has 0 atom stereocenters. The predicted molar refractivity (Wildman–Crippen MR) is 91.0 cm³/mol. The van der Waals surface area contributed by atoms with Gasteiger partial charge in [0.05, 0.1) is 0 Å². The van der Waals surface area contributed by atoms with Crippen molar-refractivity contribution in [2.45, 2.75) is 32.7 Å². The van der Waals surface area contributed by atoms with Crippen molar-refractivity contribution in [1.29, 1.82) is 0 Å². The Labute approximate surface area is 127 Å². The number of aryl methyl sites for hydroxylation is 1. The van der Waals surface area contributed by atoms with E-state index in [2.05, 4.69) is 65.7 Å². The van der Waals surface area contributed by atoms with E-state index in [0.717, 1.165) is 13.0 Å². The Morgan fingerprint density at radius 1 is 0.857 bits per heavy atom. The minimum Gasteiger partial charge on any atom is -0.381 e. The topological polar surface area (TPSA) is 15.3 Å². The first-order valence-corrected chi connectivity index (χ1v) is 8.02. The lowest BCUT2D eigenvalue weighted by Gasteiger charge is -2.18. The third-order valence-corrected chi connectivity index (χ3v) is 4.27. The van der Waals surface area contributed by atoms with Crippen LogP contribution in [0.4, 0.5) is 11.4 Å². The second kappa shape index (κ2) is 6.66. The van der Waals surface area contributed by atoms with Gasteiger partial charge < -0.3 is 10.2 Å². The monoisotopic (exact) mass is 280 g/mol. The van der Waals surface area contributed by atoms with Gasteiger partial charge in [0.2, 0.25) is 0 Å². The van der Waals surface area contributed by atoms with Crippen LogP contribution >= 0.6 is 0 Å². The highest BCUT2D eigenvalue weighted by Crippen LogP contribution is 2.22. The van der Waals surface area contributed by atoms with Gasteiger partial charge in [-0.05, 0) is 54.7 Å². The summed E-state index contributed by atoms with van der Waals surface area (Å²) < 4.78 is 0. The minimum absolute atomic E-state index is 0.882. The molecule has 0 aromatic heterocycles. The highest BCUT2D eigenvalue weighted by molar-refractivity contribution is 5.55. The van der Waals surface area contributed by atoms with E-state index in [9.17, 15) is 0 Å². The average molecular weight is 280 g/mol. The molecule has 1 N–H and O–H groups in total. The number of hydrogen-bond acceptors (Lipinski definition) is 2. The van der Waals surface area contributed by atoms with E-state index in [0.29, 0.717) is 0 Å². The number of anilines is 2. The van der Waals surface area contributed by atoms with E-state index in [4.69, 9.17) is 0 Å². The maximum Gasteiger partial charge on any atom is 0.0400 e. The molecular formula is C19H24N2. The third kappa shape index (κ3) is 3.57. The van der Waals surface area contributed by atoms with Crippen LogP contribution in [0.2, 0.25) is 0 Å². The van der Waals surface area contributed by atoms with Crippen LogP contribution in [-0.4, -0.2) is 13.1 Å². The fourth-order valence-corrected chi connectivity index (χ4v) is 2.86. The van der Waals surface area contributed by atoms with E-state index in [1.165, 1.54) is 48.4 Å². The Bertz CT molecular complexity index is 551. The molecule has 2 aromatic carbocycles. The van der Waals surface area contributed by atoms with Crippen LogP contribution in [0.25, 0.3) is 0 Å². The van der Waals surface area contributed by atoms with Crippen molar-refractivity contribution < 1.29 is 0 Å². The molecule has 0 unspecified atom stereocenters. The van der Waals surface area contributed by atoms with E-state index < -0.39 is 0 Å². The van der Waals surface area contributed by atoms with Gasteiger partial charge in [-0.1, -0.05) is 31.2 Å². The van der Waals surface area contributed by atoms with E-state index in [1.54, 1.807) is 0 Å². The van der Waals surface area contributed by atoms with Crippen molar-refractivity contribution in [2.75, 3.05) is 23.3 Å². The van der Waals surface area contributed by atoms with Crippen LogP contribution in [0.5, 0.6) is 0 Å². The predicted octanol–water partition coefficient (Wildman–Crippen LogP) is 4.46. The Kier molecular flexibility index (Phi) is 4.44. The minimum atomic E-state index is 0.882. The second-order valence-corrected chi connectivity index (χ2v) is 5.76. The van der Waals surface area contributed by atoms with Crippen LogP contribution in [0.15, 0.2) is 48.5 Å². The fraction of sp³-hybridized carbons (Fsp3) is 0.368. The molecular weight excluding hydrogens is 256 g/mol. The normalized spacial score (nSPS) is 14.4. The van der Waals surface area contributed by atoms with Gasteiger partial charge in [-0.15, -0.1) is 0 Å². The zero-order valence-electron chi connectivity index (χ0n) is 12.8. The zero-order valence-corrected chi connectivity index (χ0v) is 12.8. The van der Waals surface area contributed by atoms with Crippen LogP contribution in [0.3, 0.4) is 0 Å². The van der Waals surface area contributed by atoms with Crippen molar-refractivity contribution in [3.05, 3.63) is 59.7 Å². The molecule has 0 radical (unpaired) electrons. The summed E-state index contributed by atoms with van der Waals surface area (Å²) in [5, 5.41) is 3.50. The molecule has 110 valence electrons. The number of benzene rings is 2. The molecule has 1 saturated heterocycles. The molecule has 2 nitrogen and oxygen atoms in total. The summed E-state index contributed by atoms with van der Waals surface area (Å²) in [5.74, 6) is 0. The summed E-state index contributed by atoms with van der Waals surface area (Å²) in [6.45, 7) is 5.48. The smallest absolute Gasteiger partial charge is 0.0400 e. The van der Waals surface area contributed by atoms with Gasteiger partial charge >= 0.3 is 0 Å². The SMILES string of the molecule is CCc1ccc(CNc2ccc(N3CCCC3)cc2)cc1. The Morgan fingerprint density at radius 3 is 2.10 bits per heavy atom. The maximum absolute atomic E-state index is 3.50. The molecule has 0 spiro atoms. The van der Waals surface area contributed by atoms with E-state index in [-0.39, 0.29) is 0 Å². The lowest BCUT2D eigenvalue weighted by atomic mass is 10.1. The molecule has 0 amide bonds. The van der Waals surface area contributed by atoms with Gasteiger partial charge in [0.25, 0.3) is 0 Å². The van der Waals surface area contributed by atoms with Gasteiger partial charge in [-0.2, -0.15) is 0 Å². The number of hydrogen-bond donors (Lipinski definition) is 1. The number of rotatable bonds is 5. The van der Waals surface area contributed by atoms with Crippen molar-refractivity contribution >= 4 is 11.4 Å². The molecule has 0 aliphatic carbocycles. The van der Waals surface area contributed by atoms with Crippen molar-refractivity contribution in [2.24, 2.45) is 0 Å². The molecule has 1 heterocycles. The third-order valence-electron chi connectivity index (χ3n) is 4.27. The average Bonchev–Trinajstić information content (AvgIpc) is 3.08. The van der Waals surface area contributed by atoms with Gasteiger partial charge in [0.15, 0.2) is 0 Å². The van der Waals surface area contributed by atoms with Crippen molar-refractivity contribution in [1.82, 2.24) is 0 Å². The lowest BCUT2D eigenvalue weighted by molar-refractivity contribution is 0.949. The van der Waals surface area contributed by atoms with Crippen LogP contribution in [0, 0.1) is 0 Å². The Balaban J connectivity index is 1.57. The zero-order chi connectivity index (χ0) is 14.5. The molecule has 3 rings (SSSR count). The number of nitrogens with one attached hydrogen (secondary N) is 1. The van der Waals surface area contributed by atoms with E-state index >= 15 is 0 Å². The molecule has 2 heteroatoms. The van der Waals surface area contributed by atoms with Crippen LogP contribution in [0.1, 0.15) is 30.9 Å². The maximum atomic E-state index is 3.50. The summed E-state index contributed by atoms with van der Waals surface area (Å²) in [6, 6.07) is 17.7.